The lowest BCUT2D eigenvalue weighted by Gasteiger charge is -2.33. The molecule has 7 nitrogen and oxygen atoms in total. The molecular weight excluding hydrogens is 330 g/mol. The van der Waals surface area contributed by atoms with Crippen molar-refractivity contribution in [2.45, 2.75) is 20.4 Å². The van der Waals surface area contributed by atoms with Crippen LogP contribution in [0.4, 0.5) is 5.82 Å². The highest BCUT2D eigenvalue weighted by molar-refractivity contribution is 5.92. The number of carbonyl (C=O) groups is 2. The van der Waals surface area contributed by atoms with Crippen LogP contribution in [0.3, 0.4) is 0 Å². The van der Waals surface area contributed by atoms with Gasteiger partial charge in [-0.1, -0.05) is 29.8 Å². The van der Waals surface area contributed by atoms with Gasteiger partial charge in [-0.3, -0.25) is 9.59 Å². The maximum Gasteiger partial charge on any atom is 0.274 e. The Balaban J connectivity index is 1.55. The van der Waals surface area contributed by atoms with E-state index >= 15 is 0 Å². The first-order chi connectivity index (χ1) is 12.5. The Morgan fingerprint density at radius 1 is 1.04 bits per heavy atom. The predicted octanol–water partition coefficient (Wildman–Crippen LogP) is 1.70. The van der Waals surface area contributed by atoms with E-state index in [9.17, 15) is 9.59 Å². The molecule has 3 rings (SSSR count). The molecule has 1 saturated heterocycles. The second-order valence-electron chi connectivity index (χ2n) is 6.44. The molecule has 2 heterocycles. The number of amides is 2. The van der Waals surface area contributed by atoms with Crippen molar-refractivity contribution in [3.8, 4) is 0 Å². The fourth-order valence-corrected chi connectivity index (χ4v) is 2.94. The molecule has 1 aliphatic heterocycles. The average molecular weight is 353 g/mol. The molecule has 2 aromatic rings. The predicted molar refractivity (Wildman–Crippen MR) is 98.7 cm³/mol. The van der Waals surface area contributed by atoms with E-state index in [2.05, 4.69) is 34.6 Å². The molecule has 0 saturated carbocycles. The van der Waals surface area contributed by atoms with Gasteiger partial charge in [-0.2, -0.15) is 0 Å². The molecule has 0 unspecified atom stereocenters. The highest BCUT2D eigenvalue weighted by Crippen LogP contribution is 2.10. The maximum atomic E-state index is 12.5. The van der Waals surface area contributed by atoms with E-state index in [4.69, 9.17) is 0 Å². The summed E-state index contributed by atoms with van der Waals surface area (Å²) in [6.07, 6.45) is 0. The number of nitrogens with zero attached hydrogens (tertiary/aromatic N) is 4. The number of hydrogen-bond acceptors (Lipinski definition) is 5. The van der Waals surface area contributed by atoms with E-state index in [0.29, 0.717) is 44.2 Å². The van der Waals surface area contributed by atoms with Gasteiger partial charge in [0.1, 0.15) is 5.82 Å². The van der Waals surface area contributed by atoms with Crippen molar-refractivity contribution in [3.63, 3.8) is 0 Å². The Kier molecular flexibility index (Phi) is 5.46. The van der Waals surface area contributed by atoms with Gasteiger partial charge in [-0.25, -0.2) is 0 Å². The van der Waals surface area contributed by atoms with Crippen molar-refractivity contribution in [2.24, 2.45) is 0 Å². The molecule has 1 aliphatic rings. The van der Waals surface area contributed by atoms with Crippen LogP contribution in [-0.4, -0.2) is 58.0 Å². The number of piperazine rings is 1. The quantitative estimate of drug-likeness (QED) is 0.905. The molecule has 1 N–H and O–H groups in total. The summed E-state index contributed by atoms with van der Waals surface area (Å²) in [5.41, 5.74) is 2.69. The number of carbonyl (C=O) groups excluding carboxylic acids is 2. The summed E-state index contributed by atoms with van der Waals surface area (Å²) in [7, 11) is 0. The first kappa shape index (κ1) is 17.8. The Bertz CT molecular complexity index is 783. The Hall–Kier alpha value is -2.96. The summed E-state index contributed by atoms with van der Waals surface area (Å²) in [6, 6.07) is 11.7. The second kappa shape index (κ2) is 7.95. The first-order valence-electron chi connectivity index (χ1n) is 8.71. The molecule has 136 valence electrons. The monoisotopic (exact) mass is 353 g/mol. The molecule has 1 aromatic heterocycles. The van der Waals surface area contributed by atoms with Crippen molar-refractivity contribution in [3.05, 3.63) is 53.2 Å². The van der Waals surface area contributed by atoms with Gasteiger partial charge in [0.2, 0.25) is 5.91 Å². The molecular formula is C19H23N5O2. The minimum absolute atomic E-state index is 0.0425. The fourth-order valence-electron chi connectivity index (χ4n) is 2.94. The topological polar surface area (TPSA) is 78.4 Å². The Morgan fingerprint density at radius 2 is 1.77 bits per heavy atom. The molecule has 0 spiro atoms. The van der Waals surface area contributed by atoms with Crippen molar-refractivity contribution >= 4 is 17.6 Å². The third kappa shape index (κ3) is 4.36. The normalized spacial score (nSPS) is 14.2. The molecule has 7 heteroatoms. The van der Waals surface area contributed by atoms with Gasteiger partial charge in [-0.05, 0) is 24.6 Å². The zero-order valence-electron chi connectivity index (χ0n) is 15.1. The summed E-state index contributed by atoms with van der Waals surface area (Å²) in [4.78, 5) is 27.3. The molecule has 0 radical (unpaired) electrons. The fraction of sp³-hybridized carbons (Fsp3) is 0.368. The van der Waals surface area contributed by atoms with E-state index in [1.54, 1.807) is 28.9 Å². The molecule has 26 heavy (non-hydrogen) atoms. The van der Waals surface area contributed by atoms with Crippen LogP contribution in [0.15, 0.2) is 36.4 Å². The standard InChI is InChI=1S/C19H23N5O2/c1-14-4-3-5-16(12-14)13-20-18-7-6-17(21-22-18)19(26)24-10-8-23(9-11-24)15(2)25/h3-7,12H,8-11,13H2,1-2H3,(H,20,22). The minimum atomic E-state index is -0.147. The third-order valence-corrected chi connectivity index (χ3v) is 4.45. The molecule has 2 amide bonds. The van der Waals surface area contributed by atoms with Crippen molar-refractivity contribution in [1.29, 1.82) is 0 Å². The number of aromatic nitrogens is 2. The number of benzene rings is 1. The van der Waals surface area contributed by atoms with E-state index in [1.807, 2.05) is 12.1 Å². The van der Waals surface area contributed by atoms with Crippen LogP contribution < -0.4 is 5.32 Å². The van der Waals surface area contributed by atoms with Crippen LogP contribution in [0.5, 0.6) is 0 Å². The zero-order chi connectivity index (χ0) is 18.5. The van der Waals surface area contributed by atoms with Gasteiger partial charge in [0.05, 0.1) is 0 Å². The van der Waals surface area contributed by atoms with E-state index in [0.717, 1.165) is 5.56 Å². The van der Waals surface area contributed by atoms with Gasteiger partial charge < -0.3 is 15.1 Å². The van der Waals surface area contributed by atoms with Crippen LogP contribution in [-0.2, 0) is 11.3 Å². The van der Waals surface area contributed by atoms with Crippen LogP contribution in [0.2, 0.25) is 0 Å². The number of rotatable bonds is 4. The number of aryl methyl sites for hydroxylation is 1. The molecule has 0 atom stereocenters. The summed E-state index contributed by atoms with van der Waals surface area (Å²) in [5, 5.41) is 11.4. The van der Waals surface area contributed by atoms with Gasteiger partial charge in [0, 0.05) is 39.6 Å². The van der Waals surface area contributed by atoms with Crippen LogP contribution in [0, 0.1) is 6.92 Å². The van der Waals surface area contributed by atoms with Gasteiger partial charge in [0.15, 0.2) is 5.69 Å². The lowest BCUT2D eigenvalue weighted by Crippen LogP contribution is -2.50. The molecule has 0 aliphatic carbocycles. The molecule has 1 aromatic carbocycles. The average Bonchev–Trinajstić information content (AvgIpc) is 2.66. The lowest BCUT2D eigenvalue weighted by atomic mass is 10.1. The van der Waals surface area contributed by atoms with Crippen LogP contribution in [0.1, 0.15) is 28.5 Å². The SMILES string of the molecule is CC(=O)N1CCN(C(=O)c2ccc(NCc3cccc(C)c3)nn2)CC1. The van der Waals surface area contributed by atoms with Crippen molar-refractivity contribution < 1.29 is 9.59 Å². The summed E-state index contributed by atoms with van der Waals surface area (Å²) >= 11 is 0. The van der Waals surface area contributed by atoms with E-state index in [-0.39, 0.29) is 11.8 Å². The lowest BCUT2D eigenvalue weighted by molar-refractivity contribution is -0.130. The highest BCUT2D eigenvalue weighted by atomic mass is 16.2. The van der Waals surface area contributed by atoms with Crippen LogP contribution in [0.25, 0.3) is 0 Å². The number of nitrogens with one attached hydrogen (secondary N) is 1. The maximum absolute atomic E-state index is 12.5. The Morgan fingerprint density at radius 3 is 2.38 bits per heavy atom. The first-order valence-corrected chi connectivity index (χ1v) is 8.71. The van der Waals surface area contributed by atoms with Crippen LogP contribution >= 0.6 is 0 Å². The van der Waals surface area contributed by atoms with Gasteiger partial charge in [0.25, 0.3) is 5.91 Å². The summed E-state index contributed by atoms with van der Waals surface area (Å²) < 4.78 is 0. The summed E-state index contributed by atoms with van der Waals surface area (Å²) in [6.45, 7) is 6.41. The Labute approximate surface area is 153 Å². The largest absolute Gasteiger partial charge is 0.365 e. The van der Waals surface area contributed by atoms with Crippen molar-refractivity contribution in [2.75, 3.05) is 31.5 Å². The zero-order valence-corrected chi connectivity index (χ0v) is 15.1. The summed E-state index contributed by atoms with van der Waals surface area (Å²) in [5.74, 6) is 0.524. The number of hydrogen-bond donors (Lipinski definition) is 1. The highest BCUT2D eigenvalue weighted by Gasteiger charge is 2.24. The van der Waals surface area contributed by atoms with Crippen molar-refractivity contribution in [1.82, 2.24) is 20.0 Å². The third-order valence-electron chi connectivity index (χ3n) is 4.45. The number of anilines is 1. The van der Waals surface area contributed by atoms with E-state index < -0.39 is 0 Å². The van der Waals surface area contributed by atoms with Gasteiger partial charge >= 0.3 is 0 Å². The molecule has 1 fully saturated rings. The minimum Gasteiger partial charge on any atom is -0.365 e. The molecule has 0 bridgehead atoms. The second-order valence-corrected chi connectivity index (χ2v) is 6.44. The smallest absolute Gasteiger partial charge is 0.274 e. The van der Waals surface area contributed by atoms with E-state index in [1.165, 1.54) is 5.56 Å². The van der Waals surface area contributed by atoms with Gasteiger partial charge in [-0.15, -0.1) is 10.2 Å².